The molecule has 1 aromatic rings. The summed E-state index contributed by atoms with van der Waals surface area (Å²) in [6, 6.07) is 3.19. The summed E-state index contributed by atoms with van der Waals surface area (Å²) in [6.07, 6.45) is 0. The minimum atomic E-state index is -3.57. The Morgan fingerprint density at radius 1 is 1.57 bits per heavy atom. The lowest BCUT2D eigenvalue weighted by Gasteiger charge is -2.00. The highest BCUT2D eigenvalue weighted by molar-refractivity contribution is 7.91. The van der Waals surface area contributed by atoms with Crippen LogP contribution < -0.4 is 10.5 Å². The van der Waals surface area contributed by atoms with E-state index in [9.17, 15) is 13.2 Å². The number of hydrogen-bond acceptors (Lipinski definition) is 4. The lowest BCUT2D eigenvalue weighted by molar-refractivity contribution is -0.116. The SMILES string of the molecule is Cc1ccc(S(=O)(=O)NCC(N)=O)s1. The first kappa shape index (κ1) is 11.2. The Kier molecular flexibility index (Phi) is 3.25. The second kappa shape index (κ2) is 4.07. The molecule has 0 fully saturated rings. The molecule has 7 heteroatoms. The van der Waals surface area contributed by atoms with Crippen molar-refractivity contribution in [3.8, 4) is 0 Å². The first-order valence-corrected chi connectivity index (χ1v) is 6.06. The van der Waals surface area contributed by atoms with Crippen LogP contribution >= 0.6 is 11.3 Å². The smallest absolute Gasteiger partial charge is 0.250 e. The largest absolute Gasteiger partial charge is 0.369 e. The zero-order valence-corrected chi connectivity index (χ0v) is 9.11. The number of rotatable bonds is 4. The minimum Gasteiger partial charge on any atom is -0.369 e. The molecule has 1 rings (SSSR count). The van der Waals surface area contributed by atoms with E-state index in [1.165, 1.54) is 6.07 Å². The molecule has 1 heterocycles. The van der Waals surface area contributed by atoms with Gasteiger partial charge in [0.2, 0.25) is 5.91 Å². The van der Waals surface area contributed by atoms with Crippen molar-refractivity contribution in [3.63, 3.8) is 0 Å². The number of nitrogens with two attached hydrogens (primary N) is 1. The van der Waals surface area contributed by atoms with Gasteiger partial charge in [0, 0.05) is 4.88 Å². The van der Waals surface area contributed by atoms with Crippen molar-refractivity contribution in [1.82, 2.24) is 4.72 Å². The van der Waals surface area contributed by atoms with Crippen molar-refractivity contribution in [2.75, 3.05) is 6.54 Å². The Bertz CT molecular complexity index is 436. The summed E-state index contributed by atoms with van der Waals surface area (Å²) in [5, 5.41) is 0. The third kappa shape index (κ3) is 2.79. The Labute approximate surface area is 86.0 Å². The minimum absolute atomic E-state index is 0.191. The van der Waals surface area contributed by atoms with Gasteiger partial charge in [-0.25, -0.2) is 13.1 Å². The molecule has 0 aliphatic rings. The molecule has 1 amide bonds. The number of aryl methyl sites for hydroxylation is 1. The molecule has 1 aromatic heterocycles. The van der Waals surface area contributed by atoms with Gasteiger partial charge in [-0.1, -0.05) is 0 Å². The van der Waals surface area contributed by atoms with Crippen molar-refractivity contribution < 1.29 is 13.2 Å². The number of primary amides is 1. The molecular weight excluding hydrogens is 224 g/mol. The molecule has 0 spiro atoms. The molecule has 0 atom stereocenters. The number of carbonyl (C=O) groups excluding carboxylic acids is 1. The van der Waals surface area contributed by atoms with Gasteiger partial charge < -0.3 is 5.73 Å². The fourth-order valence-corrected chi connectivity index (χ4v) is 3.11. The van der Waals surface area contributed by atoms with E-state index in [2.05, 4.69) is 4.72 Å². The number of nitrogens with one attached hydrogen (secondary N) is 1. The molecule has 0 aliphatic heterocycles. The maximum absolute atomic E-state index is 11.4. The van der Waals surface area contributed by atoms with Crippen LogP contribution in [0.2, 0.25) is 0 Å². The zero-order chi connectivity index (χ0) is 10.8. The predicted octanol–water partition coefficient (Wildman–Crippen LogP) is -0.180. The van der Waals surface area contributed by atoms with Crippen molar-refractivity contribution in [2.45, 2.75) is 11.1 Å². The summed E-state index contributed by atoms with van der Waals surface area (Å²) in [5.41, 5.74) is 4.82. The van der Waals surface area contributed by atoms with Crippen molar-refractivity contribution in [1.29, 1.82) is 0 Å². The summed E-state index contributed by atoms with van der Waals surface area (Å²) in [6.45, 7) is 1.43. The second-order valence-corrected chi connectivity index (χ2v) is 5.94. The highest BCUT2D eigenvalue weighted by Gasteiger charge is 2.16. The van der Waals surface area contributed by atoms with E-state index in [0.29, 0.717) is 0 Å². The molecule has 0 aromatic carbocycles. The van der Waals surface area contributed by atoms with Gasteiger partial charge in [-0.3, -0.25) is 4.79 Å². The Balaban J connectivity index is 2.81. The van der Waals surface area contributed by atoms with Crippen LogP contribution in [0.3, 0.4) is 0 Å². The highest BCUT2D eigenvalue weighted by Crippen LogP contribution is 2.19. The first-order chi connectivity index (χ1) is 6.42. The molecule has 0 aliphatic carbocycles. The van der Waals surface area contributed by atoms with Crippen molar-refractivity contribution in [3.05, 3.63) is 17.0 Å². The van der Waals surface area contributed by atoms with Crippen LogP contribution in [0.25, 0.3) is 0 Å². The van der Waals surface area contributed by atoms with Gasteiger partial charge in [0.25, 0.3) is 10.0 Å². The molecule has 3 N–H and O–H groups in total. The van der Waals surface area contributed by atoms with E-state index in [4.69, 9.17) is 5.73 Å². The number of carbonyl (C=O) groups is 1. The van der Waals surface area contributed by atoms with Crippen LogP contribution in [0.4, 0.5) is 0 Å². The van der Waals surface area contributed by atoms with E-state index >= 15 is 0 Å². The molecular formula is C7H10N2O3S2. The maximum atomic E-state index is 11.4. The lowest BCUT2D eigenvalue weighted by atomic mass is 10.5. The summed E-state index contributed by atoms with van der Waals surface area (Å²) in [4.78, 5) is 11.3. The van der Waals surface area contributed by atoms with E-state index in [-0.39, 0.29) is 10.8 Å². The van der Waals surface area contributed by atoms with Gasteiger partial charge in [-0.05, 0) is 19.1 Å². The molecule has 0 saturated heterocycles. The monoisotopic (exact) mass is 234 g/mol. The number of thiophene rings is 1. The second-order valence-electron chi connectivity index (χ2n) is 2.66. The molecule has 14 heavy (non-hydrogen) atoms. The highest BCUT2D eigenvalue weighted by atomic mass is 32.2. The van der Waals surface area contributed by atoms with Crippen LogP contribution in [0.1, 0.15) is 4.88 Å². The van der Waals surface area contributed by atoms with E-state index < -0.39 is 15.9 Å². The van der Waals surface area contributed by atoms with Gasteiger partial charge in [0.05, 0.1) is 6.54 Å². The Hall–Kier alpha value is -0.920. The van der Waals surface area contributed by atoms with Crippen LogP contribution in [-0.2, 0) is 14.8 Å². The average Bonchev–Trinajstić information content (AvgIpc) is 2.49. The van der Waals surface area contributed by atoms with Gasteiger partial charge in [0.15, 0.2) is 0 Å². The normalized spacial score (nSPS) is 11.5. The fourth-order valence-electron chi connectivity index (χ4n) is 0.794. The van der Waals surface area contributed by atoms with Crippen molar-refractivity contribution >= 4 is 27.3 Å². The zero-order valence-electron chi connectivity index (χ0n) is 7.48. The van der Waals surface area contributed by atoms with Crippen LogP contribution in [-0.4, -0.2) is 20.9 Å². The predicted molar refractivity (Wildman–Crippen MR) is 53.4 cm³/mol. The van der Waals surface area contributed by atoms with Gasteiger partial charge in [-0.2, -0.15) is 0 Å². The average molecular weight is 234 g/mol. The van der Waals surface area contributed by atoms with Crippen LogP contribution in [0.5, 0.6) is 0 Å². The van der Waals surface area contributed by atoms with Gasteiger partial charge in [-0.15, -0.1) is 11.3 Å². The lowest BCUT2D eigenvalue weighted by Crippen LogP contribution is -2.32. The van der Waals surface area contributed by atoms with E-state index in [0.717, 1.165) is 16.2 Å². The van der Waals surface area contributed by atoms with Crippen molar-refractivity contribution in [2.24, 2.45) is 5.73 Å². The summed E-state index contributed by atoms with van der Waals surface area (Å²) < 4.78 is 25.2. The quantitative estimate of drug-likeness (QED) is 0.757. The van der Waals surface area contributed by atoms with Gasteiger partial charge in [0.1, 0.15) is 4.21 Å². The molecule has 0 bridgehead atoms. The topological polar surface area (TPSA) is 89.3 Å². The maximum Gasteiger partial charge on any atom is 0.250 e. The number of hydrogen-bond donors (Lipinski definition) is 2. The molecule has 0 radical (unpaired) electrons. The van der Waals surface area contributed by atoms with Gasteiger partial charge >= 0.3 is 0 Å². The number of amides is 1. The standard InChI is InChI=1S/C7H10N2O3S2/c1-5-2-3-7(13-5)14(11,12)9-4-6(8)10/h2-3,9H,4H2,1H3,(H2,8,10). The Morgan fingerprint density at radius 2 is 2.21 bits per heavy atom. The Morgan fingerprint density at radius 3 is 2.64 bits per heavy atom. The van der Waals surface area contributed by atoms with Crippen LogP contribution in [0, 0.1) is 6.92 Å². The van der Waals surface area contributed by atoms with Crippen LogP contribution in [0.15, 0.2) is 16.3 Å². The van der Waals surface area contributed by atoms with E-state index in [1.54, 1.807) is 13.0 Å². The molecule has 78 valence electrons. The fraction of sp³-hybridized carbons (Fsp3) is 0.286. The summed E-state index contributed by atoms with van der Waals surface area (Å²) >= 11 is 1.14. The third-order valence-electron chi connectivity index (χ3n) is 1.42. The molecule has 0 unspecified atom stereocenters. The molecule has 5 nitrogen and oxygen atoms in total. The van der Waals surface area contributed by atoms with E-state index in [1.807, 2.05) is 0 Å². The summed E-state index contributed by atoms with van der Waals surface area (Å²) in [5.74, 6) is -0.707. The third-order valence-corrected chi connectivity index (χ3v) is 4.31. The molecule has 0 saturated carbocycles. The first-order valence-electron chi connectivity index (χ1n) is 3.76. The summed E-state index contributed by atoms with van der Waals surface area (Å²) in [7, 11) is -3.57. The number of sulfonamides is 1.